The first-order valence-corrected chi connectivity index (χ1v) is 5.96. The molecule has 0 saturated heterocycles. The maximum atomic E-state index is 9.98. The van der Waals surface area contributed by atoms with Crippen molar-refractivity contribution in [3.8, 4) is 5.75 Å². The molecule has 2 aromatic rings. The van der Waals surface area contributed by atoms with Gasteiger partial charge in [-0.1, -0.05) is 24.3 Å². The van der Waals surface area contributed by atoms with Gasteiger partial charge >= 0.3 is 0 Å². The van der Waals surface area contributed by atoms with E-state index in [1.165, 1.54) is 0 Å². The number of hydrogen-bond acceptors (Lipinski definition) is 3. The van der Waals surface area contributed by atoms with E-state index in [1.807, 2.05) is 44.2 Å². The number of pyridine rings is 1. The van der Waals surface area contributed by atoms with Crippen LogP contribution in [0.5, 0.6) is 5.75 Å². The summed E-state index contributed by atoms with van der Waals surface area (Å²) in [4.78, 5) is 4.11. The summed E-state index contributed by atoms with van der Waals surface area (Å²) in [5, 5.41) is 9.98. The number of rotatable bonds is 4. The molecule has 1 N–H and O–H groups in total. The fraction of sp³-hybridized carbons (Fsp3) is 0.267. The summed E-state index contributed by atoms with van der Waals surface area (Å²) in [6.07, 6.45) is 0.961. The molecule has 0 fully saturated rings. The van der Waals surface area contributed by atoms with E-state index in [0.29, 0.717) is 5.69 Å². The van der Waals surface area contributed by atoms with Crippen LogP contribution in [0.2, 0.25) is 0 Å². The number of aromatic nitrogens is 1. The van der Waals surface area contributed by atoms with Gasteiger partial charge in [0.1, 0.15) is 18.5 Å². The summed E-state index contributed by atoms with van der Waals surface area (Å²) in [7, 11) is 0. The van der Waals surface area contributed by atoms with Gasteiger partial charge in [0.15, 0.2) is 0 Å². The Hall–Kier alpha value is -1.87. The smallest absolute Gasteiger partial charge is 0.130 e. The Morgan fingerprint density at radius 2 is 1.83 bits per heavy atom. The van der Waals surface area contributed by atoms with Crippen molar-refractivity contribution in [2.75, 3.05) is 6.61 Å². The molecule has 1 heterocycles. The monoisotopic (exact) mass is 243 g/mol. The molecular formula is C15H17NO2. The summed E-state index contributed by atoms with van der Waals surface area (Å²) in [5.74, 6) is 0.840. The highest BCUT2D eigenvalue weighted by atomic mass is 16.5. The second-order valence-electron chi connectivity index (χ2n) is 4.30. The number of aliphatic hydroxyl groups excluding tert-OH is 1. The number of aryl methyl sites for hydroxylation is 2. The average Bonchev–Trinajstić information content (AvgIpc) is 2.39. The van der Waals surface area contributed by atoms with E-state index < -0.39 is 6.10 Å². The molecule has 0 aliphatic heterocycles. The van der Waals surface area contributed by atoms with E-state index >= 15 is 0 Å². The molecule has 1 unspecified atom stereocenters. The lowest BCUT2D eigenvalue weighted by atomic mass is 10.1. The van der Waals surface area contributed by atoms with Crippen LogP contribution >= 0.6 is 0 Å². The Morgan fingerprint density at radius 3 is 2.44 bits per heavy atom. The van der Waals surface area contributed by atoms with Crippen molar-refractivity contribution in [2.24, 2.45) is 0 Å². The highest BCUT2D eigenvalue weighted by Gasteiger charge is 2.11. The summed E-state index contributed by atoms with van der Waals surface area (Å²) < 4.78 is 5.69. The lowest BCUT2D eigenvalue weighted by molar-refractivity contribution is 0.104. The minimum Gasteiger partial charge on any atom is -0.490 e. The van der Waals surface area contributed by atoms with Crippen LogP contribution < -0.4 is 4.74 Å². The van der Waals surface area contributed by atoms with Gasteiger partial charge in [-0.05, 0) is 37.1 Å². The van der Waals surface area contributed by atoms with Crippen molar-refractivity contribution in [3.05, 3.63) is 59.4 Å². The largest absolute Gasteiger partial charge is 0.490 e. The van der Waals surface area contributed by atoms with E-state index in [4.69, 9.17) is 4.74 Å². The fourth-order valence-corrected chi connectivity index (χ4v) is 1.85. The third-order valence-corrected chi connectivity index (χ3v) is 2.82. The average molecular weight is 243 g/mol. The minimum atomic E-state index is -0.704. The quantitative estimate of drug-likeness (QED) is 0.897. The van der Waals surface area contributed by atoms with Crippen molar-refractivity contribution in [2.45, 2.75) is 20.0 Å². The number of ether oxygens (including phenoxy) is 1. The van der Waals surface area contributed by atoms with Crippen LogP contribution in [0.4, 0.5) is 0 Å². The van der Waals surface area contributed by atoms with E-state index in [0.717, 1.165) is 16.9 Å². The first kappa shape index (κ1) is 12.6. The fourth-order valence-electron chi connectivity index (χ4n) is 1.85. The molecule has 0 aliphatic rings. The van der Waals surface area contributed by atoms with E-state index in [1.54, 1.807) is 12.3 Å². The number of para-hydroxylation sites is 1. The van der Waals surface area contributed by atoms with Gasteiger partial charge in [0.2, 0.25) is 0 Å². The maximum absolute atomic E-state index is 9.98. The second kappa shape index (κ2) is 5.65. The van der Waals surface area contributed by atoms with Crippen molar-refractivity contribution < 1.29 is 9.84 Å². The highest BCUT2D eigenvalue weighted by Crippen LogP contribution is 2.23. The molecule has 0 spiro atoms. The number of benzene rings is 1. The van der Waals surface area contributed by atoms with Gasteiger partial charge in [-0.15, -0.1) is 0 Å². The van der Waals surface area contributed by atoms with Crippen molar-refractivity contribution in [1.82, 2.24) is 4.98 Å². The summed E-state index contributed by atoms with van der Waals surface area (Å²) in [6, 6.07) is 11.4. The van der Waals surface area contributed by atoms with Crippen LogP contribution in [0.25, 0.3) is 0 Å². The molecule has 0 amide bonds. The standard InChI is InChI=1S/C15H17NO2/c1-11-6-5-7-12(2)15(11)18-10-14(17)13-8-3-4-9-16-13/h3-9,14,17H,10H2,1-2H3. The van der Waals surface area contributed by atoms with Crippen LogP contribution in [0, 0.1) is 13.8 Å². The molecule has 1 atom stereocenters. The Bertz CT molecular complexity index is 491. The Kier molecular flexibility index (Phi) is 3.95. The molecule has 3 heteroatoms. The second-order valence-corrected chi connectivity index (χ2v) is 4.30. The Morgan fingerprint density at radius 1 is 1.11 bits per heavy atom. The summed E-state index contributed by atoms with van der Waals surface area (Å²) in [6.45, 7) is 4.20. The van der Waals surface area contributed by atoms with Crippen LogP contribution in [-0.2, 0) is 0 Å². The van der Waals surface area contributed by atoms with Crippen molar-refractivity contribution >= 4 is 0 Å². The number of nitrogens with zero attached hydrogens (tertiary/aromatic N) is 1. The van der Waals surface area contributed by atoms with E-state index in [9.17, 15) is 5.11 Å². The minimum absolute atomic E-state index is 0.211. The van der Waals surface area contributed by atoms with Gasteiger partial charge in [0, 0.05) is 6.20 Å². The molecule has 0 bridgehead atoms. The highest BCUT2D eigenvalue weighted by molar-refractivity contribution is 5.39. The summed E-state index contributed by atoms with van der Waals surface area (Å²) >= 11 is 0. The Balaban J connectivity index is 2.04. The van der Waals surface area contributed by atoms with Gasteiger partial charge < -0.3 is 9.84 Å². The molecule has 1 aromatic carbocycles. The third-order valence-electron chi connectivity index (χ3n) is 2.82. The maximum Gasteiger partial charge on any atom is 0.130 e. The van der Waals surface area contributed by atoms with E-state index in [2.05, 4.69) is 4.98 Å². The summed E-state index contributed by atoms with van der Waals surface area (Å²) in [5.41, 5.74) is 2.77. The molecule has 1 aromatic heterocycles. The molecule has 0 radical (unpaired) electrons. The zero-order valence-electron chi connectivity index (χ0n) is 10.6. The predicted molar refractivity (Wildman–Crippen MR) is 70.6 cm³/mol. The number of aliphatic hydroxyl groups is 1. The normalized spacial score (nSPS) is 12.2. The zero-order valence-corrected chi connectivity index (χ0v) is 10.6. The lowest BCUT2D eigenvalue weighted by Crippen LogP contribution is -2.12. The van der Waals surface area contributed by atoms with Gasteiger partial charge in [-0.2, -0.15) is 0 Å². The van der Waals surface area contributed by atoms with Crippen molar-refractivity contribution in [1.29, 1.82) is 0 Å². The van der Waals surface area contributed by atoms with Crippen LogP contribution in [-0.4, -0.2) is 16.7 Å². The molecule has 3 nitrogen and oxygen atoms in total. The zero-order chi connectivity index (χ0) is 13.0. The first-order valence-electron chi connectivity index (χ1n) is 5.96. The van der Waals surface area contributed by atoms with Crippen LogP contribution in [0.1, 0.15) is 22.9 Å². The topological polar surface area (TPSA) is 42.4 Å². The van der Waals surface area contributed by atoms with Crippen LogP contribution in [0.3, 0.4) is 0 Å². The molecule has 18 heavy (non-hydrogen) atoms. The Labute approximate surface area is 107 Å². The third kappa shape index (κ3) is 2.87. The molecule has 2 rings (SSSR count). The number of hydrogen-bond donors (Lipinski definition) is 1. The molecule has 0 saturated carbocycles. The molecule has 94 valence electrons. The van der Waals surface area contributed by atoms with E-state index in [-0.39, 0.29) is 6.61 Å². The van der Waals surface area contributed by atoms with Gasteiger partial charge in [0.05, 0.1) is 5.69 Å². The van der Waals surface area contributed by atoms with Gasteiger partial charge in [-0.3, -0.25) is 4.98 Å². The first-order chi connectivity index (χ1) is 8.68. The van der Waals surface area contributed by atoms with Crippen molar-refractivity contribution in [3.63, 3.8) is 0 Å². The van der Waals surface area contributed by atoms with Gasteiger partial charge in [0.25, 0.3) is 0 Å². The molecule has 0 aliphatic carbocycles. The molecular weight excluding hydrogens is 226 g/mol. The van der Waals surface area contributed by atoms with Gasteiger partial charge in [-0.25, -0.2) is 0 Å². The predicted octanol–water partition coefficient (Wildman–Crippen LogP) is 2.81. The SMILES string of the molecule is Cc1cccc(C)c1OCC(O)c1ccccn1. The van der Waals surface area contributed by atoms with Crippen LogP contribution in [0.15, 0.2) is 42.6 Å². The lowest BCUT2D eigenvalue weighted by Gasteiger charge is -2.15.